The topological polar surface area (TPSA) is 52.5 Å². The maximum Gasteiger partial charge on any atom is 0.153 e. The Morgan fingerprint density at radius 2 is 1.83 bits per heavy atom. The van der Waals surface area contributed by atoms with Gasteiger partial charge < -0.3 is 14.9 Å². The predicted octanol–water partition coefficient (Wildman–Crippen LogP) is 4.50. The average Bonchev–Trinajstić information content (AvgIpc) is 2.74. The van der Waals surface area contributed by atoms with Crippen LogP contribution in [0.4, 0.5) is 10.2 Å². The fourth-order valence-corrected chi connectivity index (χ4v) is 3.87. The van der Waals surface area contributed by atoms with Gasteiger partial charge in [0.2, 0.25) is 0 Å². The summed E-state index contributed by atoms with van der Waals surface area (Å²) in [6.45, 7) is 9.58. The standard InChI is InChI=1S/C24H27FN4O/c1-16-9-10-19(18-7-5-6-8-20(18)25)23-22(16)27-21(15-26-23)28(4)17(2)29-13-11-24(3,30)12-14-29/h5-10,15,30H,2,11-14H2,1,3-4H3. The molecule has 1 fully saturated rings. The maximum atomic E-state index is 14.4. The van der Waals surface area contributed by atoms with Crippen LogP contribution < -0.4 is 4.90 Å². The highest BCUT2D eigenvalue weighted by atomic mass is 19.1. The first-order chi connectivity index (χ1) is 14.3. The number of fused-ring (bicyclic) bond motifs is 1. The van der Waals surface area contributed by atoms with Crippen molar-refractivity contribution in [1.82, 2.24) is 14.9 Å². The third-order valence-corrected chi connectivity index (χ3v) is 5.99. The normalized spacial score (nSPS) is 16.0. The molecule has 1 N–H and O–H groups in total. The molecule has 3 aromatic rings. The second-order valence-corrected chi connectivity index (χ2v) is 8.29. The Kier molecular flexibility index (Phi) is 5.20. The Labute approximate surface area is 176 Å². The van der Waals surface area contributed by atoms with E-state index >= 15 is 0 Å². The van der Waals surface area contributed by atoms with E-state index in [1.54, 1.807) is 18.3 Å². The number of anilines is 1. The van der Waals surface area contributed by atoms with Crippen LogP contribution in [0, 0.1) is 12.7 Å². The zero-order chi connectivity index (χ0) is 21.5. The van der Waals surface area contributed by atoms with Crippen LogP contribution in [-0.2, 0) is 0 Å². The summed E-state index contributed by atoms with van der Waals surface area (Å²) in [5, 5.41) is 10.2. The molecule has 5 nitrogen and oxygen atoms in total. The van der Waals surface area contributed by atoms with Crippen LogP contribution in [0.2, 0.25) is 0 Å². The summed E-state index contributed by atoms with van der Waals surface area (Å²) in [7, 11) is 1.92. The van der Waals surface area contributed by atoms with Gasteiger partial charge in [-0.05, 0) is 38.3 Å². The maximum absolute atomic E-state index is 14.4. The quantitative estimate of drug-likeness (QED) is 0.691. The lowest BCUT2D eigenvalue weighted by Gasteiger charge is -2.40. The predicted molar refractivity (Wildman–Crippen MR) is 119 cm³/mol. The van der Waals surface area contributed by atoms with E-state index in [0.717, 1.165) is 35.6 Å². The molecule has 1 saturated heterocycles. The average molecular weight is 407 g/mol. The van der Waals surface area contributed by atoms with E-state index in [-0.39, 0.29) is 5.82 Å². The number of rotatable bonds is 4. The summed E-state index contributed by atoms with van der Waals surface area (Å²) in [5.41, 5.74) is 3.03. The van der Waals surface area contributed by atoms with Gasteiger partial charge in [0.15, 0.2) is 5.82 Å². The van der Waals surface area contributed by atoms with Gasteiger partial charge in [0, 0.05) is 31.3 Å². The number of aliphatic hydroxyl groups is 1. The van der Waals surface area contributed by atoms with Crippen LogP contribution in [0.25, 0.3) is 22.2 Å². The van der Waals surface area contributed by atoms with Gasteiger partial charge in [-0.25, -0.2) is 9.37 Å². The summed E-state index contributed by atoms with van der Waals surface area (Å²) in [5.74, 6) is 1.22. The number of aromatic nitrogens is 2. The molecule has 1 aliphatic heterocycles. The molecule has 0 radical (unpaired) electrons. The van der Waals surface area contributed by atoms with Gasteiger partial charge in [-0.15, -0.1) is 0 Å². The molecule has 0 atom stereocenters. The summed E-state index contributed by atoms with van der Waals surface area (Å²) in [4.78, 5) is 13.6. The Morgan fingerprint density at radius 3 is 2.53 bits per heavy atom. The van der Waals surface area contributed by atoms with Gasteiger partial charge in [0.05, 0.1) is 22.8 Å². The molecule has 1 aromatic heterocycles. The zero-order valence-corrected chi connectivity index (χ0v) is 17.7. The second kappa shape index (κ2) is 7.69. The number of halogens is 1. The van der Waals surface area contributed by atoms with E-state index in [1.165, 1.54) is 6.07 Å². The Balaban J connectivity index is 1.67. The summed E-state index contributed by atoms with van der Waals surface area (Å²) in [6.07, 6.45) is 3.11. The Hall–Kier alpha value is -2.99. The van der Waals surface area contributed by atoms with Crippen molar-refractivity contribution in [3.05, 3.63) is 66.4 Å². The van der Waals surface area contributed by atoms with Crippen molar-refractivity contribution in [3.8, 4) is 11.1 Å². The Morgan fingerprint density at radius 1 is 1.13 bits per heavy atom. The van der Waals surface area contributed by atoms with Crippen molar-refractivity contribution >= 4 is 16.9 Å². The van der Waals surface area contributed by atoms with E-state index < -0.39 is 5.60 Å². The molecule has 0 saturated carbocycles. The number of nitrogens with zero attached hydrogens (tertiary/aromatic N) is 4. The number of piperidine rings is 1. The van der Waals surface area contributed by atoms with Gasteiger partial charge in [-0.3, -0.25) is 4.98 Å². The van der Waals surface area contributed by atoms with E-state index in [2.05, 4.69) is 16.5 Å². The van der Waals surface area contributed by atoms with Crippen molar-refractivity contribution in [2.24, 2.45) is 0 Å². The lowest BCUT2D eigenvalue weighted by Crippen LogP contribution is -2.44. The van der Waals surface area contributed by atoms with Gasteiger partial charge in [-0.1, -0.05) is 36.9 Å². The van der Waals surface area contributed by atoms with Crippen LogP contribution >= 0.6 is 0 Å². The van der Waals surface area contributed by atoms with E-state index in [0.29, 0.717) is 29.7 Å². The van der Waals surface area contributed by atoms with Crippen LogP contribution in [0.5, 0.6) is 0 Å². The van der Waals surface area contributed by atoms with Crippen LogP contribution in [0.15, 0.2) is 55.0 Å². The zero-order valence-electron chi connectivity index (χ0n) is 17.7. The first-order valence-electron chi connectivity index (χ1n) is 10.2. The highest BCUT2D eigenvalue weighted by Crippen LogP contribution is 2.32. The molecule has 156 valence electrons. The first kappa shape index (κ1) is 20.3. The number of hydrogen-bond donors (Lipinski definition) is 1. The molecule has 4 rings (SSSR count). The number of likely N-dealkylation sites (tertiary alicyclic amines) is 1. The lowest BCUT2D eigenvalue weighted by molar-refractivity contribution is 0.00250. The highest BCUT2D eigenvalue weighted by Gasteiger charge is 2.29. The molecule has 0 bridgehead atoms. The molecule has 30 heavy (non-hydrogen) atoms. The van der Waals surface area contributed by atoms with Gasteiger partial charge in [0.25, 0.3) is 0 Å². The van der Waals surface area contributed by atoms with Crippen molar-refractivity contribution in [2.75, 3.05) is 25.0 Å². The second-order valence-electron chi connectivity index (χ2n) is 8.29. The third-order valence-electron chi connectivity index (χ3n) is 5.99. The minimum Gasteiger partial charge on any atom is -0.390 e. The monoisotopic (exact) mass is 406 g/mol. The van der Waals surface area contributed by atoms with Crippen LogP contribution in [0.1, 0.15) is 25.3 Å². The fourth-order valence-electron chi connectivity index (χ4n) is 3.87. The first-order valence-corrected chi connectivity index (χ1v) is 10.2. The minimum absolute atomic E-state index is 0.278. The molecule has 0 unspecified atom stereocenters. The van der Waals surface area contributed by atoms with E-state index in [1.807, 2.05) is 44.0 Å². The Bertz CT molecular complexity index is 1100. The number of aryl methyl sites for hydroxylation is 1. The number of hydrogen-bond acceptors (Lipinski definition) is 5. The largest absolute Gasteiger partial charge is 0.390 e. The fraction of sp³-hybridized carbons (Fsp3) is 0.333. The molecular formula is C24H27FN4O. The van der Waals surface area contributed by atoms with Crippen LogP contribution in [0.3, 0.4) is 0 Å². The molecule has 0 amide bonds. The smallest absolute Gasteiger partial charge is 0.153 e. The molecule has 0 aliphatic carbocycles. The van der Waals surface area contributed by atoms with E-state index in [4.69, 9.17) is 4.98 Å². The van der Waals surface area contributed by atoms with Gasteiger partial charge in [-0.2, -0.15) is 0 Å². The molecule has 2 heterocycles. The van der Waals surface area contributed by atoms with Crippen molar-refractivity contribution in [1.29, 1.82) is 0 Å². The molecule has 1 aliphatic rings. The number of benzene rings is 2. The van der Waals surface area contributed by atoms with Gasteiger partial charge >= 0.3 is 0 Å². The summed E-state index contributed by atoms with van der Waals surface area (Å²) in [6, 6.07) is 10.6. The minimum atomic E-state index is -0.613. The molecule has 0 spiro atoms. The highest BCUT2D eigenvalue weighted by molar-refractivity contribution is 5.94. The van der Waals surface area contributed by atoms with Crippen molar-refractivity contribution in [2.45, 2.75) is 32.3 Å². The summed E-state index contributed by atoms with van der Waals surface area (Å²) < 4.78 is 14.4. The SMILES string of the molecule is C=C(N1CCC(C)(O)CC1)N(C)c1cnc2c(-c3ccccc3F)ccc(C)c2n1. The molecular weight excluding hydrogens is 379 g/mol. The molecule has 2 aromatic carbocycles. The summed E-state index contributed by atoms with van der Waals surface area (Å²) >= 11 is 0. The third kappa shape index (κ3) is 3.75. The van der Waals surface area contributed by atoms with Gasteiger partial charge in [0.1, 0.15) is 11.6 Å². The lowest BCUT2D eigenvalue weighted by atomic mass is 9.94. The van der Waals surface area contributed by atoms with Crippen molar-refractivity contribution < 1.29 is 9.50 Å². The van der Waals surface area contributed by atoms with Crippen molar-refractivity contribution in [3.63, 3.8) is 0 Å². The van der Waals surface area contributed by atoms with E-state index in [9.17, 15) is 9.50 Å². The molecule has 6 heteroatoms. The van der Waals surface area contributed by atoms with Crippen LogP contribution in [-0.4, -0.2) is 45.7 Å².